The maximum atomic E-state index is 10.1. The van der Waals surface area contributed by atoms with Crippen molar-refractivity contribution in [3.05, 3.63) is 12.2 Å². The van der Waals surface area contributed by atoms with Gasteiger partial charge >= 0.3 is 0 Å². The molecule has 0 aromatic rings. The highest BCUT2D eigenvalue weighted by Crippen LogP contribution is 1.75. The Bertz CT molecular complexity index is 136. The molecule has 2 N–H and O–H groups in total. The lowest BCUT2D eigenvalue weighted by Gasteiger charge is -2.02. The molecule has 0 rings (SSSR count). The van der Waals surface area contributed by atoms with E-state index in [-0.39, 0.29) is 1.43 Å². The molecule has 0 aliphatic rings. The zero-order chi connectivity index (χ0) is 9.98. The van der Waals surface area contributed by atoms with Crippen molar-refractivity contribution >= 4 is 5.91 Å². The lowest BCUT2D eigenvalue weighted by atomic mass is 10.4. The molecule has 0 heterocycles. The fraction of sp³-hybridized carbons (Fsp3) is 0.667. The second kappa shape index (κ2) is 10.2. The fourth-order valence-electron chi connectivity index (χ4n) is 0.380. The largest absolute Gasteiger partial charge is 0.366 e. The lowest BCUT2D eigenvalue weighted by molar-refractivity contribution is -0.113. The van der Waals surface area contributed by atoms with Crippen molar-refractivity contribution in [2.45, 2.75) is 20.3 Å². The van der Waals surface area contributed by atoms with Gasteiger partial charge in [-0.1, -0.05) is 26.3 Å². The smallest absolute Gasteiger partial charge is 0.241 e. The predicted molar refractivity (Wildman–Crippen MR) is 55.0 cm³/mol. The van der Waals surface area contributed by atoms with Crippen LogP contribution in [0.4, 0.5) is 0 Å². The minimum atomic E-state index is -0.392. The third-order valence-electron chi connectivity index (χ3n) is 0.753. The predicted octanol–water partition coefficient (Wildman–Crippen LogP) is 1.25. The number of carbonyl (C=O) groups is 1. The van der Waals surface area contributed by atoms with Crippen LogP contribution >= 0.6 is 0 Å². The number of nitrogens with zero attached hydrogens (tertiary/aromatic N) is 1. The van der Waals surface area contributed by atoms with E-state index in [0.717, 1.165) is 6.54 Å². The van der Waals surface area contributed by atoms with Crippen LogP contribution in [-0.4, -0.2) is 31.4 Å². The first-order valence-electron chi connectivity index (χ1n) is 4.15. The number of likely N-dealkylation sites (N-methyl/N-ethyl adjacent to an activating group) is 1. The topological polar surface area (TPSA) is 46.3 Å². The van der Waals surface area contributed by atoms with Gasteiger partial charge in [-0.05, 0) is 20.2 Å². The van der Waals surface area contributed by atoms with Gasteiger partial charge in [-0.2, -0.15) is 0 Å². The number of nitrogens with two attached hydrogens (primary N) is 1. The van der Waals surface area contributed by atoms with Crippen LogP contribution in [0.1, 0.15) is 21.7 Å². The van der Waals surface area contributed by atoms with Gasteiger partial charge in [0.1, 0.15) is 0 Å². The summed E-state index contributed by atoms with van der Waals surface area (Å²) in [5, 5.41) is 0. The van der Waals surface area contributed by atoms with Gasteiger partial charge in [-0.15, -0.1) is 0 Å². The van der Waals surface area contributed by atoms with E-state index in [1.54, 1.807) is 6.08 Å². The monoisotopic (exact) mass is 174 g/mol. The normalized spacial score (nSPS) is 9.75. The Hall–Kier alpha value is -0.830. The highest BCUT2D eigenvalue weighted by atomic mass is 16.1. The van der Waals surface area contributed by atoms with Gasteiger partial charge < -0.3 is 10.6 Å². The molecule has 0 aromatic carbocycles. The van der Waals surface area contributed by atoms with Crippen molar-refractivity contribution in [2.75, 3.05) is 20.6 Å². The lowest BCUT2D eigenvalue weighted by Crippen LogP contribution is -2.12. The average molecular weight is 174 g/mol. The molecule has 0 radical (unpaired) electrons. The van der Waals surface area contributed by atoms with Crippen molar-refractivity contribution < 1.29 is 6.22 Å². The molecule has 1 amide bonds. The van der Waals surface area contributed by atoms with Gasteiger partial charge in [0.05, 0.1) is 0 Å². The molecule has 74 valence electrons. The van der Waals surface area contributed by atoms with Gasteiger partial charge in [-0.25, -0.2) is 0 Å². The van der Waals surface area contributed by atoms with Gasteiger partial charge in [-0.3, -0.25) is 4.79 Å². The molecule has 0 saturated carbocycles. The molecule has 12 heavy (non-hydrogen) atoms. The maximum absolute atomic E-state index is 10.1. The van der Waals surface area contributed by atoms with E-state index in [4.69, 9.17) is 5.73 Å². The summed E-state index contributed by atoms with van der Waals surface area (Å²) in [6.45, 7) is 5.00. The SMILES string of the molecule is CCC.CN(C)C/C=C\C(N)=O.[HH]. The van der Waals surface area contributed by atoms with Crippen LogP contribution in [0.3, 0.4) is 0 Å². The Kier molecular flexibility index (Phi) is 11.6. The quantitative estimate of drug-likeness (QED) is 0.655. The summed E-state index contributed by atoms with van der Waals surface area (Å²) in [5.41, 5.74) is 4.83. The number of hydrogen-bond acceptors (Lipinski definition) is 2. The first-order valence-corrected chi connectivity index (χ1v) is 4.15. The Morgan fingerprint density at radius 1 is 1.50 bits per heavy atom. The summed E-state index contributed by atoms with van der Waals surface area (Å²) in [5.74, 6) is -0.392. The highest BCUT2D eigenvalue weighted by Gasteiger charge is 1.83. The molecule has 0 aromatic heterocycles. The Morgan fingerprint density at radius 2 is 1.92 bits per heavy atom. The van der Waals surface area contributed by atoms with E-state index < -0.39 is 5.91 Å². The molecule has 0 saturated heterocycles. The molecule has 0 fully saturated rings. The zero-order valence-corrected chi connectivity index (χ0v) is 8.50. The van der Waals surface area contributed by atoms with E-state index in [2.05, 4.69) is 13.8 Å². The second-order valence-electron chi connectivity index (χ2n) is 2.77. The van der Waals surface area contributed by atoms with Gasteiger partial charge in [0.15, 0.2) is 0 Å². The highest BCUT2D eigenvalue weighted by molar-refractivity contribution is 5.85. The van der Waals surface area contributed by atoms with Crippen molar-refractivity contribution in [2.24, 2.45) is 5.73 Å². The molecule has 3 heteroatoms. The Morgan fingerprint density at radius 3 is 2.17 bits per heavy atom. The number of rotatable bonds is 3. The third-order valence-corrected chi connectivity index (χ3v) is 0.753. The molecule has 0 unspecified atom stereocenters. The first kappa shape index (κ1) is 13.7. The van der Waals surface area contributed by atoms with Crippen molar-refractivity contribution in [3.8, 4) is 0 Å². The number of hydrogen-bond donors (Lipinski definition) is 1. The summed E-state index contributed by atoms with van der Waals surface area (Å²) in [7, 11) is 3.84. The minimum Gasteiger partial charge on any atom is -0.366 e. The van der Waals surface area contributed by atoms with E-state index in [1.807, 2.05) is 19.0 Å². The van der Waals surface area contributed by atoms with Crippen LogP contribution in [0.25, 0.3) is 0 Å². The molecule has 3 nitrogen and oxygen atoms in total. The van der Waals surface area contributed by atoms with Crippen molar-refractivity contribution in [1.29, 1.82) is 0 Å². The van der Waals surface area contributed by atoms with E-state index in [1.165, 1.54) is 12.5 Å². The molecule has 0 aliphatic heterocycles. The van der Waals surface area contributed by atoms with Crippen molar-refractivity contribution in [3.63, 3.8) is 0 Å². The summed E-state index contributed by atoms with van der Waals surface area (Å²) in [4.78, 5) is 12.0. The molecule has 0 spiro atoms. The molecular formula is C9H22N2O. The number of amides is 1. The van der Waals surface area contributed by atoms with Crippen LogP contribution in [0.5, 0.6) is 0 Å². The second-order valence-corrected chi connectivity index (χ2v) is 2.77. The summed E-state index contributed by atoms with van der Waals surface area (Å²) in [6.07, 6.45) is 4.34. The molecule has 0 aliphatic carbocycles. The fourth-order valence-corrected chi connectivity index (χ4v) is 0.380. The number of carbonyl (C=O) groups excluding carboxylic acids is 1. The van der Waals surface area contributed by atoms with E-state index in [9.17, 15) is 4.79 Å². The Balaban J connectivity index is -0.000000220. The van der Waals surface area contributed by atoms with Crippen LogP contribution in [-0.2, 0) is 4.79 Å². The van der Waals surface area contributed by atoms with E-state index >= 15 is 0 Å². The van der Waals surface area contributed by atoms with Crippen LogP contribution in [0, 0.1) is 0 Å². The van der Waals surface area contributed by atoms with Crippen molar-refractivity contribution in [1.82, 2.24) is 4.90 Å². The summed E-state index contributed by atoms with van der Waals surface area (Å²) >= 11 is 0. The van der Waals surface area contributed by atoms with Crippen LogP contribution in [0.15, 0.2) is 12.2 Å². The first-order chi connectivity index (χ1) is 5.54. The minimum absolute atomic E-state index is 0. The third kappa shape index (κ3) is 22.9. The van der Waals surface area contributed by atoms with Crippen LogP contribution in [0.2, 0.25) is 0 Å². The zero-order valence-electron chi connectivity index (χ0n) is 8.50. The molecule has 0 bridgehead atoms. The van der Waals surface area contributed by atoms with Gasteiger partial charge in [0.2, 0.25) is 5.91 Å². The Labute approximate surface area is 76.7 Å². The maximum Gasteiger partial charge on any atom is 0.241 e. The van der Waals surface area contributed by atoms with E-state index in [0.29, 0.717) is 0 Å². The molecular weight excluding hydrogens is 152 g/mol. The molecule has 0 atom stereocenters. The number of primary amides is 1. The average Bonchev–Trinajstić information content (AvgIpc) is 1.87. The van der Waals surface area contributed by atoms with Gasteiger partial charge in [0, 0.05) is 7.97 Å². The standard InChI is InChI=1S/C6H12N2O.C3H8.H2/c1-8(2)5-3-4-6(7)9;1-3-2;/h3-4H,5H2,1-2H3,(H2,7,9);3H2,1-2H3;1H/b4-3-;;. The van der Waals surface area contributed by atoms with Gasteiger partial charge in [0.25, 0.3) is 0 Å². The summed E-state index contributed by atoms with van der Waals surface area (Å²) < 4.78 is 0. The van der Waals surface area contributed by atoms with Crippen LogP contribution < -0.4 is 5.73 Å². The summed E-state index contributed by atoms with van der Waals surface area (Å²) in [6, 6.07) is 0.